The van der Waals surface area contributed by atoms with Gasteiger partial charge in [-0.05, 0) is 57.6 Å². The molecule has 0 saturated carbocycles. The summed E-state index contributed by atoms with van der Waals surface area (Å²) in [5, 5.41) is 0. The molecular formula is C29H39NO. The summed E-state index contributed by atoms with van der Waals surface area (Å²) in [6.07, 6.45) is 3.60. The highest BCUT2D eigenvalue weighted by atomic mass is 16.5. The van der Waals surface area contributed by atoms with Crippen molar-refractivity contribution in [3.63, 3.8) is 0 Å². The second-order valence-corrected chi connectivity index (χ2v) is 10.4. The molecular weight excluding hydrogens is 378 g/mol. The maximum absolute atomic E-state index is 6.01. The molecule has 0 radical (unpaired) electrons. The van der Waals surface area contributed by atoms with Gasteiger partial charge in [0.1, 0.15) is 0 Å². The molecule has 2 aromatic rings. The number of hydrogen-bond donors (Lipinski definition) is 0. The lowest BCUT2D eigenvalue weighted by atomic mass is 9.78. The Kier molecular flexibility index (Phi) is 6.69. The van der Waals surface area contributed by atoms with Crippen molar-refractivity contribution in [3.05, 3.63) is 76.4 Å². The van der Waals surface area contributed by atoms with Crippen LogP contribution in [0.2, 0.25) is 0 Å². The summed E-state index contributed by atoms with van der Waals surface area (Å²) >= 11 is 0. The molecule has 1 saturated heterocycles. The van der Waals surface area contributed by atoms with Crippen LogP contribution in [0.4, 0.5) is 0 Å². The third-order valence-electron chi connectivity index (χ3n) is 7.00. The minimum Gasteiger partial charge on any atom is -0.378 e. The van der Waals surface area contributed by atoms with Crippen LogP contribution in [-0.4, -0.2) is 30.2 Å². The molecule has 1 fully saturated rings. The van der Waals surface area contributed by atoms with E-state index >= 15 is 0 Å². The van der Waals surface area contributed by atoms with Crippen molar-refractivity contribution in [1.82, 2.24) is 4.90 Å². The number of morpholine rings is 1. The van der Waals surface area contributed by atoms with Gasteiger partial charge in [0, 0.05) is 12.6 Å². The average Bonchev–Trinajstić information content (AvgIpc) is 2.73. The number of fused-ring (bicyclic) bond motifs is 2. The van der Waals surface area contributed by atoms with Crippen molar-refractivity contribution in [2.24, 2.45) is 0 Å². The fourth-order valence-corrected chi connectivity index (χ4v) is 5.21. The smallest absolute Gasteiger partial charge is 0.0658 e. The fourth-order valence-electron chi connectivity index (χ4n) is 5.21. The lowest BCUT2D eigenvalue weighted by Crippen LogP contribution is -2.53. The third kappa shape index (κ3) is 4.66. The van der Waals surface area contributed by atoms with E-state index in [9.17, 15) is 0 Å². The lowest BCUT2D eigenvalue weighted by molar-refractivity contribution is -0.0403. The average molecular weight is 418 g/mol. The van der Waals surface area contributed by atoms with Crippen molar-refractivity contribution in [2.75, 3.05) is 13.2 Å². The zero-order chi connectivity index (χ0) is 22.1. The molecule has 0 aromatic heterocycles. The largest absolute Gasteiger partial charge is 0.378 e. The van der Waals surface area contributed by atoms with E-state index in [-0.39, 0.29) is 0 Å². The SMILES string of the molecule is CC(C)c1cc(C(C)C)c(C2=CC3COCC(C2)N3Cc2ccccc2)c(C(C)C)c1. The maximum atomic E-state index is 6.01. The van der Waals surface area contributed by atoms with Gasteiger partial charge in [0.2, 0.25) is 0 Å². The van der Waals surface area contributed by atoms with Crippen LogP contribution in [0.5, 0.6) is 0 Å². The summed E-state index contributed by atoms with van der Waals surface area (Å²) in [5.74, 6) is 1.59. The zero-order valence-corrected chi connectivity index (χ0v) is 20.2. The first kappa shape index (κ1) is 22.3. The molecule has 2 aliphatic rings. The molecule has 2 aromatic carbocycles. The Morgan fingerprint density at radius 3 is 2.06 bits per heavy atom. The van der Waals surface area contributed by atoms with E-state index in [1.165, 1.54) is 27.8 Å². The molecule has 2 heterocycles. The van der Waals surface area contributed by atoms with Gasteiger partial charge >= 0.3 is 0 Å². The quantitative estimate of drug-likeness (QED) is 0.496. The first-order chi connectivity index (χ1) is 14.8. The summed E-state index contributed by atoms with van der Waals surface area (Å²) < 4.78 is 6.01. The van der Waals surface area contributed by atoms with Crippen LogP contribution in [0.25, 0.3) is 5.57 Å². The van der Waals surface area contributed by atoms with E-state index in [1.54, 1.807) is 5.57 Å². The van der Waals surface area contributed by atoms with Gasteiger partial charge in [0.25, 0.3) is 0 Å². The summed E-state index contributed by atoms with van der Waals surface area (Å²) in [6, 6.07) is 16.7. The summed E-state index contributed by atoms with van der Waals surface area (Å²) in [5.41, 5.74) is 8.99. The Hall–Kier alpha value is -1.90. The standard InChI is InChI=1S/C29H39NO/c1-19(2)23-14-27(20(3)4)29(28(15-23)21(5)6)24-12-25-17-31-18-26(13-24)30(25)16-22-10-8-7-9-11-22/h7-12,14-15,19-21,25-26H,13,16-18H2,1-6H3. The zero-order valence-electron chi connectivity index (χ0n) is 20.2. The predicted molar refractivity (Wildman–Crippen MR) is 132 cm³/mol. The Balaban J connectivity index is 1.76. The monoisotopic (exact) mass is 417 g/mol. The minimum atomic E-state index is 0.354. The van der Waals surface area contributed by atoms with E-state index in [2.05, 4.69) is 95.0 Å². The van der Waals surface area contributed by atoms with E-state index in [4.69, 9.17) is 4.74 Å². The van der Waals surface area contributed by atoms with Crippen molar-refractivity contribution >= 4 is 5.57 Å². The highest BCUT2D eigenvalue weighted by molar-refractivity contribution is 5.74. The minimum absolute atomic E-state index is 0.354. The van der Waals surface area contributed by atoms with Crippen LogP contribution in [0.15, 0.2) is 48.5 Å². The predicted octanol–water partition coefficient (Wildman–Crippen LogP) is 7.11. The molecule has 2 bridgehead atoms. The maximum Gasteiger partial charge on any atom is 0.0658 e. The summed E-state index contributed by atoms with van der Waals surface area (Å²) in [4.78, 5) is 2.66. The third-order valence-corrected chi connectivity index (χ3v) is 7.00. The summed E-state index contributed by atoms with van der Waals surface area (Å²) in [7, 11) is 0. The Bertz CT molecular complexity index is 896. The van der Waals surface area contributed by atoms with Crippen molar-refractivity contribution in [3.8, 4) is 0 Å². The van der Waals surface area contributed by atoms with Gasteiger partial charge in [0.05, 0.1) is 19.3 Å². The number of hydrogen-bond acceptors (Lipinski definition) is 2. The van der Waals surface area contributed by atoms with Gasteiger partial charge < -0.3 is 4.74 Å². The molecule has 31 heavy (non-hydrogen) atoms. The number of benzene rings is 2. The van der Waals surface area contributed by atoms with Crippen LogP contribution >= 0.6 is 0 Å². The highest BCUT2D eigenvalue weighted by Crippen LogP contribution is 2.41. The molecule has 166 valence electrons. The molecule has 0 spiro atoms. The van der Waals surface area contributed by atoms with Crippen LogP contribution < -0.4 is 0 Å². The molecule has 0 aliphatic carbocycles. The van der Waals surface area contributed by atoms with Crippen LogP contribution in [0, 0.1) is 0 Å². The van der Waals surface area contributed by atoms with E-state index in [1.807, 2.05) is 0 Å². The van der Waals surface area contributed by atoms with Crippen LogP contribution in [0.3, 0.4) is 0 Å². The van der Waals surface area contributed by atoms with Crippen molar-refractivity contribution in [1.29, 1.82) is 0 Å². The molecule has 2 nitrogen and oxygen atoms in total. The van der Waals surface area contributed by atoms with Gasteiger partial charge in [-0.25, -0.2) is 0 Å². The number of ether oxygens (including phenoxy) is 1. The van der Waals surface area contributed by atoms with E-state index in [0.717, 1.165) is 26.2 Å². The Morgan fingerprint density at radius 1 is 0.871 bits per heavy atom. The summed E-state index contributed by atoms with van der Waals surface area (Å²) in [6.45, 7) is 16.7. The van der Waals surface area contributed by atoms with E-state index in [0.29, 0.717) is 29.8 Å². The second-order valence-electron chi connectivity index (χ2n) is 10.4. The first-order valence-corrected chi connectivity index (χ1v) is 12.1. The second kappa shape index (κ2) is 9.30. The van der Waals surface area contributed by atoms with Gasteiger partial charge in [0.15, 0.2) is 0 Å². The Labute approximate surface area is 189 Å². The Morgan fingerprint density at radius 2 is 1.52 bits per heavy atom. The van der Waals surface area contributed by atoms with Gasteiger partial charge in [-0.2, -0.15) is 0 Å². The number of nitrogens with zero attached hydrogens (tertiary/aromatic N) is 1. The normalized spacial score (nSPS) is 21.8. The van der Waals surface area contributed by atoms with Gasteiger partial charge in [-0.3, -0.25) is 4.90 Å². The first-order valence-electron chi connectivity index (χ1n) is 12.1. The lowest BCUT2D eigenvalue weighted by Gasteiger charge is -2.45. The number of rotatable bonds is 6. The molecule has 2 aliphatic heterocycles. The molecule has 2 unspecified atom stereocenters. The van der Waals surface area contributed by atoms with Crippen molar-refractivity contribution < 1.29 is 4.74 Å². The molecule has 4 rings (SSSR count). The van der Waals surface area contributed by atoms with Crippen LogP contribution in [-0.2, 0) is 11.3 Å². The topological polar surface area (TPSA) is 12.5 Å². The highest BCUT2D eigenvalue weighted by Gasteiger charge is 2.36. The van der Waals surface area contributed by atoms with Gasteiger partial charge in [-0.1, -0.05) is 90.1 Å². The molecule has 2 atom stereocenters. The van der Waals surface area contributed by atoms with Gasteiger partial charge in [-0.15, -0.1) is 0 Å². The van der Waals surface area contributed by atoms with E-state index < -0.39 is 0 Å². The molecule has 0 N–H and O–H groups in total. The molecule has 0 amide bonds. The molecule has 2 heteroatoms. The fraction of sp³-hybridized carbons (Fsp3) is 0.517. The van der Waals surface area contributed by atoms with Crippen LogP contribution in [0.1, 0.15) is 93.5 Å². The van der Waals surface area contributed by atoms with Crippen molar-refractivity contribution in [2.45, 2.75) is 84.3 Å².